The molecule has 2 rings (SSSR count). The molecule has 0 radical (unpaired) electrons. The molecule has 0 spiro atoms. The maximum Gasteiger partial charge on any atom is 0.0916 e. The van der Waals surface area contributed by atoms with E-state index >= 15 is 0 Å². The highest BCUT2D eigenvalue weighted by Crippen LogP contribution is 2.17. The van der Waals surface area contributed by atoms with E-state index in [0.717, 1.165) is 49.4 Å². The molecule has 1 aromatic carbocycles. The molecule has 0 amide bonds. The molecule has 1 fully saturated rings. The van der Waals surface area contributed by atoms with Gasteiger partial charge in [0.05, 0.1) is 19.3 Å². The molecule has 0 bridgehead atoms. The second-order valence-electron chi connectivity index (χ2n) is 5.28. The van der Waals surface area contributed by atoms with Gasteiger partial charge in [0.2, 0.25) is 0 Å². The van der Waals surface area contributed by atoms with Crippen molar-refractivity contribution in [1.29, 1.82) is 0 Å². The van der Waals surface area contributed by atoms with Crippen molar-refractivity contribution in [3.63, 3.8) is 0 Å². The third-order valence-electron chi connectivity index (χ3n) is 3.64. The maximum absolute atomic E-state index is 10.2. The summed E-state index contributed by atoms with van der Waals surface area (Å²) in [6.45, 7) is 6.37. The quantitative estimate of drug-likeness (QED) is 0.854. The Bertz CT molecular complexity index is 393. The van der Waals surface area contributed by atoms with Crippen LogP contribution in [-0.4, -0.2) is 67.9 Å². The number of aliphatic hydroxyl groups is 1. The van der Waals surface area contributed by atoms with Gasteiger partial charge in [-0.25, -0.2) is 0 Å². The SMILES string of the molecule is CN(CCN1CCOCC1)CC(O)c1ccc(Br)cc1. The molecule has 1 unspecified atom stereocenters. The summed E-state index contributed by atoms with van der Waals surface area (Å²) in [6, 6.07) is 7.85. The van der Waals surface area contributed by atoms with Gasteiger partial charge in [-0.15, -0.1) is 0 Å². The Morgan fingerprint density at radius 2 is 1.95 bits per heavy atom. The molecule has 0 saturated carbocycles. The third kappa shape index (κ3) is 5.14. The third-order valence-corrected chi connectivity index (χ3v) is 4.17. The number of nitrogens with zero attached hydrogens (tertiary/aromatic N) is 2. The average Bonchev–Trinajstić information content (AvgIpc) is 2.47. The molecule has 20 heavy (non-hydrogen) atoms. The van der Waals surface area contributed by atoms with E-state index in [1.54, 1.807) is 0 Å². The van der Waals surface area contributed by atoms with E-state index in [1.165, 1.54) is 0 Å². The first-order valence-corrected chi connectivity index (χ1v) is 7.86. The summed E-state index contributed by atoms with van der Waals surface area (Å²) < 4.78 is 6.38. The average molecular weight is 343 g/mol. The molecule has 112 valence electrons. The fraction of sp³-hybridized carbons (Fsp3) is 0.600. The molecule has 1 aliphatic heterocycles. The van der Waals surface area contributed by atoms with E-state index in [4.69, 9.17) is 4.74 Å². The normalized spacial score (nSPS) is 18.4. The molecule has 1 aliphatic rings. The van der Waals surface area contributed by atoms with Gasteiger partial charge in [0.25, 0.3) is 0 Å². The zero-order chi connectivity index (χ0) is 14.4. The van der Waals surface area contributed by atoms with Crippen molar-refractivity contribution in [1.82, 2.24) is 9.80 Å². The lowest BCUT2D eigenvalue weighted by Crippen LogP contribution is -2.41. The summed E-state index contributed by atoms with van der Waals surface area (Å²) in [5.74, 6) is 0. The summed E-state index contributed by atoms with van der Waals surface area (Å²) in [4.78, 5) is 4.59. The van der Waals surface area contributed by atoms with Crippen LogP contribution in [0.4, 0.5) is 0 Å². The smallest absolute Gasteiger partial charge is 0.0916 e. The first-order chi connectivity index (χ1) is 9.65. The van der Waals surface area contributed by atoms with Gasteiger partial charge in [0, 0.05) is 37.2 Å². The molecule has 1 heterocycles. The molecule has 4 nitrogen and oxygen atoms in total. The van der Waals surface area contributed by atoms with Crippen molar-refractivity contribution in [2.45, 2.75) is 6.10 Å². The van der Waals surface area contributed by atoms with Gasteiger partial charge < -0.3 is 14.7 Å². The molecule has 0 aliphatic carbocycles. The number of benzene rings is 1. The topological polar surface area (TPSA) is 35.9 Å². The van der Waals surface area contributed by atoms with Gasteiger partial charge in [-0.1, -0.05) is 28.1 Å². The molecule has 5 heteroatoms. The lowest BCUT2D eigenvalue weighted by atomic mass is 10.1. The van der Waals surface area contributed by atoms with Crippen LogP contribution in [0.3, 0.4) is 0 Å². The number of hydrogen-bond acceptors (Lipinski definition) is 4. The van der Waals surface area contributed by atoms with Crippen molar-refractivity contribution in [2.75, 3.05) is 53.0 Å². The van der Waals surface area contributed by atoms with E-state index in [1.807, 2.05) is 24.3 Å². The molecule has 1 aromatic rings. The highest BCUT2D eigenvalue weighted by atomic mass is 79.9. The minimum atomic E-state index is -0.433. The van der Waals surface area contributed by atoms with Gasteiger partial charge >= 0.3 is 0 Å². The second-order valence-corrected chi connectivity index (χ2v) is 6.20. The number of hydrogen-bond donors (Lipinski definition) is 1. The van der Waals surface area contributed by atoms with E-state index in [2.05, 4.69) is 32.8 Å². The van der Waals surface area contributed by atoms with Gasteiger partial charge in [0.1, 0.15) is 0 Å². The van der Waals surface area contributed by atoms with Gasteiger partial charge in [-0.2, -0.15) is 0 Å². The van der Waals surface area contributed by atoms with Crippen molar-refractivity contribution >= 4 is 15.9 Å². The van der Waals surface area contributed by atoms with Crippen LogP contribution in [0.15, 0.2) is 28.7 Å². The van der Waals surface area contributed by atoms with Crippen LogP contribution in [0, 0.1) is 0 Å². The molecule has 1 N–H and O–H groups in total. The van der Waals surface area contributed by atoms with E-state index in [0.29, 0.717) is 6.54 Å². The standard InChI is InChI=1S/C15H23BrN2O2/c1-17(6-7-18-8-10-20-11-9-18)12-15(19)13-2-4-14(16)5-3-13/h2-5,15,19H,6-12H2,1H3. The summed E-state index contributed by atoms with van der Waals surface area (Å²) in [5.41, 5.74) is 0.964. The zero-order valence-corrected chi connectivity index (χ0v) is 13.6. The molecule has 1 saturated heterocycles. The fourth-order valence-electron chi connectivity index (χ4n) is 2.31. The number of morpholine rings is 1. The van der Waals surface area contributed by atoms with Crippen molar-refractivity contribution in [3.05, 3.63) is 34.3 Å². The summed E-state index contributed by atoms with van der Waals surface area (Å²) in [5, 5.41) is 10.2. The number of ether oxygens (including phenoxy) is 1. The first-order valence-electron chi connectivity index (χ1n) is 7.07. The predicted octanol–water partition coefficient (Wildman–Crippen LogP) is 1.75. The lowest BCUT2D eigenvalue weighted by molar-refractivity contribution is 0.0320. The van der Waals surface area contributed by atoms with Crippen LogP contribution in [0.5, 0.6) is 0 Å². The zero-order valence-electron chi connectivity index (χ0n) is 12.0. The van der Waals surface area contributed by atoms with Crippen LogP contribution < -0.4 is 0 Å². The number of halogens is 1. The Balaban J connectivity index is 1.72. The first kappa shape index (κ1) is 15.9. The Hall–Kier alpha value is -0.460. The highest BCUT2D eigenvalue weighted by Gasteiger charge is 2.13. The van der Waals surface area contributed by atoms with Crippen molar-refractivity contribution in [2.24, 2.45) is 0 Å². The van der Waals surface area contributed by atoms with Crippen molar-refractivity contribution in [3.8, 4) is 0 Å². The van der Waals surface area contributed by atoms with Crippen LogP contribution in [0.25, 0.3) is 0 Å². The van der Waals surface area contributed by atoms with Gasteiger partial charge in [-0.05, 0) is 24.7 Å². The van der Waals surface area contributed by atoms with Crippen LogP contribution >= 0.6 is 15.9 Å². The summed E-state index contributed by atoms with van der Waals surface area (Å²) in [7, 11) is 2.06. The highest BCUT2D eigenvalue weighted by molar-refractivity contribution is 9.10. The Labute approximate surface area is 129 Å². The molecular weight excluding hydrogens is 320 g/mol. The molecule has 0 aromatic heterocycles. The van der Waals surface area contributed by atoms with Crippen LogP contribution in [0.2, 0.25) is 0 Å². The number of rotatable bonds is 6. The molecular formula is C15H23BrN2O2. The van der Waals surface area contributed by atoms with Gasteiger partial charge in [0.15, 0.2) is 0 Å². The van der Waals surface area contributed by atoms with Crippen LogP contribution in [-0.2, 0) is 4.74 Å². The lowest BCUT2D eigenvalue weighted by Gasteiger charge is -2.29. The molecule has 1 atom stereocenters. The number of aliphatic hydroxyl groups excluding tert-OH is 1. The van der Waals surface area contributed by atoms with E-state index < -0.39 is 6.10 Å². The fourth-order valence-corrected chi connectivity index (χ4v) is 2.58. The Morgan fingerprint density at radius 3 is 2.60 bits per heavy atom. The van der Waals surface area contributed by atoms with Crippen LogP contribution in [0.1, 0.15) is 11.7 Å². The Kier molecular flexibility index (Phi) is 6.45. The predicted molar refractivity (Wildman–Crippen MR) is 83.9 cm³/mol. The Morgan fingerprint density at radius 1 is 1.30 bits per heavy atom. The largest absolute Gasteiger partial charge is 0.387 e. The minimum absolute atomic E-state index is 0.433. The van der Waals surface area contributed by atoms with Gasteiger partial charge in [-0.3, -0.25) is 4.90 Å². The minimum Gasteiger partial charge on any atom is -0.387 e. The van der Waals surface area contributed by atoms with E-state index in [-0.39, 0.29) is 0 Å². The monoisotopic (exact) mass is 342 g/mol. The number of likely N-dealkylation sites (N-methyl/N-ethyl adjacent to an activating group) is 1. The van der Waals surface area contributed by atoms with Crippen molar-refractivity contribution < 1.29 is 9.84 Å². The maximum atomic E-state index is 10.2. The van der Waals surface area contributed by atoms with E-state index in [9.17, 15) is 5.11 Å². The second kappa shape index (κ2) is 8.10. The summed E-state index contributed by atoms with van der Waals surface area (Å²) in [6.07, 6.45) is -0.433. The summed E-state index contributed by atoms with van der Waals surface area (Å²) >= 11 is 3.41.